The van der Waals surface area contributed by atoms with Crippen LogP contribution in [0.25, 0.3) is 0 Å². The Morgan fingerprint density at radius 3 is 2.62 bits per heavy atom. The number of nitrogens with one attached hydrogen (secondary N) is 1. The highest BCUT2D eigenvalue weighted by atomic mass is 16.5. The maximum Gasteiger partial charge on any atom is 0.232 e. The molecule has 1 unspecified atom stereocenters. The maximum absolute atomic E-state index is 5.87. The normalized spacial score (nSPS) is 13.2. The Morgan fingerprint density at radius 1 is 1.19 bits per heavy atom. The Hall–Kier alpha value is -1.16. The standard InChI is InChI=1S/C17H31N3O/c1-6-7-8-9-10-14(2)21-16-13-18-11-15(20-16)12-19-17(3,4)5/h11,13-14,19H,6-10,12H2,1-5H3. The molecule has 120 valence electrons. The minimum absolute atomic E-state index is 0.0745. The molecular weight excluding hydrogens is 262 g/mol. The molecule has 0 spiro atoms. The monoisotopic (exact) mass is 293 g/mol. The zero-order chi connectivity index (χ0) is 15.7. The molecule has 0 saturated heterocycles. The third-order valence-corrected chi connectivity index (χ3v) is 3.25. The fraction of sp³-hybridized carbons (Fsp3) is 0.765. The lowest BCUT2D eigenvalue weighted by Gasteiger charge is -2.20. The predicted octanol–water partition coefficient (Wildman–Crippen LogP) is 4.10. The number of ether oxygens (including phenoxy) is 1. The average Bonchev–Trinajstić information content (AvgIpc) is 2.41. The van der Waals surface area contributed by atoms with E-state index in [1.807, 2.05) is 0 Å². The van der Waals surface area contributed by atoms with Crippen molar-refractivity contribution in [2.75, 3.05) is 0 Å². The molecule has 4 heteroatoms. The van der Waals surface area contributed by atoms with Gasteiger partial charge in [-0.05, 0) is 40.5 Å². The molecule has 1 heterocycles. The summed E-state index contributed by atoms with van der Waals surface area (Å²) in [5, 5.41) is 3.41. The van der Waals surface area contributed by atoms with E-state index in [4.69, 9.17) is 4.74 Å². The molecule has 0 aliphatic carbocycles. The van der Waals surface area contributed by atoms with Crippen molar-refractivity contribution < 1.29 is 4.74 Å². The van der Waals surface area contributed by atoms with Crippen molar-refractivity contribution in [2.24, 2.45) is 0 Å². The van der Waals surface area contributed by atoms with E-state index in [0.717, 1.165) is 12.1 Å². The Labute approximate surface area is 129 Å². The van der Waals surface area contributed by atoms with Crippen LogP contribution in [0.4, 0.5) is 0 Å². The van der Waals surface area contributed by atoms with Gasteiger partial charge in [-0.3, -0.25) is 4.98 Å². The van der Waals surface area contributed by atoms with E-state index in [2.05, 4.69) is 49.9 Å². The van der Waals surface area contributed by atoms with Crippen LogP contribution in [0.2, 0.25) is 0 Å². The SMILES string of the molecule is CCCCCCC(C)Oc1cncc(CNC(C)(C)C)n1. The van der Waals surface area contributed by atoms with Gasteiger partial charge in [-0.2, -0.15) is 0 Å². The lowest BCUT2D eigenvalue weighted by atomic mass is 10.1. The summed E-state index contributed by atoms with van der Waals surface area (Å²) in [4.78, 5) is 8.73. The number of aromatic nitrogens is 2. The second-order valence-corrected chi connectivity index (χ2v) is 6.73. The Morgan fingerprint density at radius 2 is 1.95 bits per heavy atom. The fourth-order valence-corrected chi connectivity index (χ4v) is 2.01. The highest BCUT2D eigenvalue weighted by Gasteiger charge is 2.10. The smallest absolute Gasteiger partial charge is 0.232 e. The fourth-order valence-electron chi connectivity index (χ4n) is 2.01. The minimum atomic E-state index is 0.0745. The van der Waals surface area contributed by atoms with Crippen LogP contribution in [-0.4, -0.2) is 21.6 Å². The van der Waals surface area contributed by atoms with Crippen LogP contribution in [0.5, 0.6) is 5.88 Å². The molecule has 0 radical (unpaired) electrons. The van der Waals surface area contributed by atoms with Crippen LogP contribution in [0, 0.1) is 0 Å². The maximum atomic E-state index is 5.87. The lowest BCUT2D eigenvalue weighted by Crippen LogP contribution is -2.35. The van der Waals surface area contributed by atoms with Crippen molar-refractivity contribution in [2.45, 2.75) is 84.9 Å². The molecule has 1 rings (SSSR count). The second-order valence-electron chi connectivity index (χ2n) is 6.73. The predicted molar refractivity (Wildman–Crippen MR) is 87.5 cm³/mol. The van der Waals surface area contributed by atoms with Crippen LogP contribution in [0.1, 0.15) is 72.4 Å². The van der Waals surface area contributed by atoms with Crippen LogP contribution >= 0.6 is 0 Å². The molecule has 0 aliphatic heterocycles. The van der Waals surface area contributed by atoms with E-state index in [0.29, 0.717) is 12.4 Å². The summed E-state index contributed by atoms with van der Waals surface area (Å²) in [6, 6.07) is 0. The van der Waals surface area contributed by atoms with Gasteiger partial charge in [0.25, 0.3) is 0 Å². The van der Waals surface area contributed by atoms with Crippen molar-refractivity contribution >= 4 is 0 Å². The summed E-state index contributed by atoms with van der Waals surface area (Å²) in [7, 11) is 0. The van der Waals surface area contributed by atoms with Crippen molar-refractivity contribution in [3.05, 3.63) is 18.1 Å². The molecule has 1 atom stereocenters. The van der Waals surface area contributed by atoms with E-state index in [1.165, 1.54) is 25.7 Å². The Kier molecular flexibility index (Phi) is 7.65. The van der Waals surface area contributed by atoms with Crippen LogP contribution < -0.4 is 10.1 Å². The molecule has 0 saturated carbocycles. The largest absolute Gasteiger partial charge is 0.474 e. The zero-order valence-corrected chi connectivity index (χ0v) is 14.3. The summed E-state index contributed by atoms with van der Waals surface area (Å²) < 4.78 is 5.87. The first-order valence-corrected chi connectivity index (χ1v) is 8.13. The molecule has 0 fully saturated rings. The van der Waals surface area contributed by atoms with Gasteiger partial charge >= 0.3 is 0 Å². The van der Waals surface area contributed by atoms with Crippen molar-refractivity contribution in [3.8, 4) is 5.88 Å². The van der Waals surface area contributed by atoms with Gasteiger partial charge in [0.05, 0.1) is 18.0 Å². The quantitative estimate of drug-likeness (QED) is 0.696. The summed E-state index contributed by atoms with van der Waals surface area (Å²) >= 11 is 0. The van der Waals surface area contributed by atoms with Crippen LogP contribution in [-0.2, 0) is 6.54 Å². The summed E-state index contributed by atoms with van der Waals surface area (Å²) in [5.74, 6) is 0.631. The zero-order valence-electron chi connectivity index (χ0n) is 14.3. The van der Waals surface area contributed by atoms with Gasteiger partial charge in [-0.15, -0.1) is 0 Å². The molecule has 0 aliphatic rings. The Balaban J connectivity index is 2.41. The molecule has 1 N–H and O–H groups in total. The molecule has 0 bridgehead atoms. The highest BCUT2D eigenvalue weighted by molar-refractivity contribution is 5.08. The van der Waals surface area contributed by atoms with Gasteiger partial charge in [0, 0.05) is 18.3 Å². The number of hydrogen-bond acceptors (Lipinski definition) is 4. The van der Waals surface area contributed by atoms with E-state index in [9.17, 15) is 0 Å². The molecule has 4 nitrogen and oxygen atoms in total. The summed E-state index contributed by atoms with van der Waals surface area (Å²) in [5.41, 5.74) is 0.992. The first-order valence-electron chi connectivity index (χ1n) is 8.13. The highest BCUT2D eigenvalue weighted by Crippen LogP contribution is 2.13. The van der Waals surface area contributed by atoms with Gasteiger partial charge in [0.2, 0.25) is 5.88 Å². The van der Waals surface area contributed by atoms with E-state index in [1.54, 1.807) is 12.4 Å². The number of nitrogens with zero attached hydrogens (tertiary/aromatic N) is 2. The van der Waals surface area contributed by atoms with E-state index >= 15 is 0 Å². The Bertz CT molecular complexity index is 401. The number of hydrogen-bond donors (Lipinski definition) is 1. The van der Waals surface area contributed by atoms with E-state index < -0.39 is 0 Å². The van der Waals surface area contributed by atoms with Gasteiger partial charge in [0.1, 0.15) is 0 Å². The molecular formula is C17H31N3O. The summed E-state index contributed by atoms with van der Waals surface area (Å²) in [6.07, 6.45) is 9.83. The molecule has 21 heavy (non-hydrogen) atoms. The molecule has 0 aromatic carbocycles. The topological polar surface area (TPSA) is 47.0 Å². The van der Waals surface area contributed by atoms with Gasteiger partial charge in [-0.25, -0.2) is 4.98 Å². The van der Waals surface area contributed by atoms with Gasteiger partial charge in [-0.1, -0.05) is 26.2 Å². The van der Waals surface area contributed by atoms with Crippen LogP contribution in [0.3, 0.4) is 0 Å². The van der Waals surface area contributed by atoms with Crippen molar-refractivity contribution in [1.82, 2.24) is 15.3 Å². The van der Waals surface area contributed by atoms with Gasteiger partial charge < -0.3 is 10.1 Å². The molecule has 1 aromatic rings. The van der Waals surface area contributed by atoms with Crippen LogP contribution in [0.15, 0.2) is 12.4 Å². The average molecular weight is 293 g/mol. The van der Waals surface area contributed by atoms with Crippen molar-refractivity contribution in [3.63, 3.8) is 0 Å². The first kappa shape index (κ1) is 17.9. The second kappa shape index (κ2) is 8.98. The first-order chi connectivity index (χ1) is 9.90. The minimum Gasteiger partial charge on any atom is -0.474 e. The van der Waals surface area contributed by atoms with E-state index in [-0.39, 0.29) is 11.6 Å². The number of unbranched alkanes of at least 4 members (excludes halogenated alkanes) is 3. The van der Waals surface area contributed by atoms with Gasteiger partial charge in [0.15, 0.2) is 0 Å². The lowest BCUT2D eigenvalue weighted by molar-refractivity contribution is 0.196. The molecule has 0 amide bonds. The third-order valence-electron chi connectivity index (χ3n) is 3.25. The van der Waals surface area contributed by atoms with Crippen molar-refractivity contribution in [1.29, 1.82) is 0 Å². The summed E-state index contributed by atoms with van der Waals surface area (Å²) in [6.45, 7) is 11.5. The molecule has 1 aromatic heterocycles. The third kappa shape index (κ3) is 8.66. The number of rotatable bonds is 9.